The van der Waals surface area contributed by atoms with Gasteiger partial charge in [-0.15, -0.1) is 0 Å². The molecule has 0 N–H and O–H groups in total. The Morgan fingerprint density at radius 2 is 2.07 bits per heavy atom. The number of aromatic nitrogens is 1. The Balaban J connectivity index is 1.53. The van der Waals surface area contributed by atoms with Gasteiger partial charge in [0.2, 0.25) is 0 Å². The van der Waals surface area contributed by atoms with Crippen molar-refractivity contribution in [3.63, 3.8) is 0 Å². The average Bonchev–Trinajstić information content (AvgIpc) is 3.38. The molecule has 3 unspecified atom stereocenters. The largest absolute Gasteiger partial charge is 0.459 e. The quantitative estimate of drug-likeness (QED) is 0.540. The van der Waals surface area contributed by atoms with Gasteiger partial charge in [0.25, 0.3) is 0 Å². The molecule has 3 aromatic rings. The van der Waals surface area contributed by atoms with Crippen LogP contribution < -0.4 is 0 Å². The molecular weight excluding hydrogens is 390 g/mol. The Labute approximate surface area is 173 Å². The molecule has 4 heterocycles. The maximum absolute atomic E-state index is 6.33. The maximum atomic E-state index is 6.33. The van der Waals surface area contributed by atoms with E-state index in [9.17, 15) is 0 Å². The third-order valence-corrected chi connectivity index (χ3v) is 6.77. The first-order valence-corrected chi connectivity index (χ1v) is 10.6. The zero-order valence-corrected chi connectivity index (χ0v) is 17.2. The number of aliphatic imine (C=N–C) groups is 1. The first-order valence-electron chi connectivity index (χ1n) is 9.38. The zero-order chi connectivity index (χ0) is 19.3. The van der Waals surface area contributed by atoms with E-state index in [2.05, 4.69) is 22.9 Å². The molecule has 0 amide bonds. The highest BCUT2D eigenvalue weighted by Crippen LogP contribution is 2.48. The molecule has 1 aromatic carbocycles. The first-order chi connectivity index (χ1) is 13.6. The fraction of sp³-hybridized carbons (Fsp3) is 0.273. The number of rotatable bonds is 3. The van der Waals surface area contributed by atoms with Crippen LogP contribution in [0.3, 0.4) is 0 Å². The van der Waals surface area contributed by atoms with Gasteiger partial charge in [-0.2, -0.15) is 0 Å². The van der Waals surface area contributed by atoms with E-state index in [-0.39, 0.29) is 12.1 Å². The molecule has 0 radical (unpaired) electrons. The van der Waals surface area contributed by atoms with Gasteiger partial charge in [0, 0.05) is 28.6 Å². The molecule has 1 saturated heterocycles. The van der Waals surface area contributed by atoms with Gasteiger partial charge >= 0.3 is 0 Å². The molecule has 5 rings (SSSR count). The van der Waals surface area contributed by atoms with Gasteiger partial charge in [-0.3, -0.25) is 4.98 Å². The summed E-state index contributed by atoms with van der Waals surface area (Å²) in [7, 11) is 0. The van der Waals surface area contributed by atoms with Crippen LogP contribution in [0.25, 0.3) is 11.3 Å². The van der Waals surface area contributed by atoms with Crippen LogP contribution in [0.15, 0.2) is 64.1 Å². The molecule has 2 aliphatic rings. The molecule has 0 bridgehead atoms. The summed E-state index contributed by atoms with van der Waals surface area (Å²) < 4.78 is 6.33. The van der Waals surface area contributed by atoms with Crippen molar-refractivity contribution in [3.05, 3.63) is 76.8 Å². The van der Waals surface area contributed by atoms with E-state index < -0.39 is 0 Å². The van der Waals surface area contributed by atoms with Crippen molar-refractivity contribution in [1.29, 1.82) is 0 Å². The van der Waals surface area contributed by atoms with Crippen molar-refractivity contribution in [2.45, 2.75) is 31.2 Å². The number of hydrogen-bond donors (Lipinski definition) is 0. The monoisotopic (exact) mass is 409 g/mol. The summed E-state index contributed by atoms with van der Waals surface area (Å²) in [5.74, 6) is 1.74. The number of fused-ring (bicyclic) bond motifs is 1. The molecular formula is C22H20ClN3OS. The summed E-state index contributed by atoms with van der Waals surface area (Å²) in [4.78, 5) is 11.9. The topological polar surface area (TPSA) is 41.6 Å². The van der Waals surface area contributed by atoms with Crippen molar-refractivity contribution in [2.24, 2.45) is 4.99 Å². The minimum absolute atomic E-state index is 0.0250. The fourth-order valence-electron chi connectivity index (χ4n) is 3.84. The van der Waals surface area contributed by atoms with Crippen molar-refractivity contribution in [1.82, 2.24) is 9.88 Å². The number of thioether (sulfide) groups is 1. The summed E-state index contributed by atoms with van der Waals surface area (Å²) in [5.41, 5.74) is 3.02. The molecule has 3 atom stereocenters. The molecule has 0 saturated carbocycles. The van der Waals surface area contributed by atoms with Gasteiger partial charge in [0.15, 0.2) is 5.17 Å². The second kappa shape index (κ2) is 6.98. The Kier molecular flexibility index (Phi) is 4.44. The molecule has 0 aliphatic carbocycles. The number of hydrogen-bond acceptors (Lipinski definition) is 5. The number of pyridine rings is 1. The molecule has 28 heavy (non-hydrogen) atoms. The van der Waals surface area contributed by atoms with Crippen LogP contribution in [-0.2, 0) is 0 Å². The number of amidine groups is 1. The normalized spacial score (nSPS) is 23.8. The summed E-state index contributed by atoms with van der Waals surface area (Å²) >= 11 is 8.14. The van der Waals surface area contributed by atoms with Crippen LogP contribution >= 0.6 is 23.4 Å². The third-order valence-electron chi connectivity index (χ3n) is 5.26. The van der Waals surface area contributed by atoms with Crippen molar-refractivity contribution in [2.75, 3.05) is 6.54 Å². The molecule has 1 fully saturated rings. The molecule has 142 valence electrons. The minimum Gasteiger partial charge on any atom is -0.459 e. The average molecular weight is 410 g/mol. The standard InChI is InChI=1S/C22H20ClN3OS/c1-13-6-7-15(11-16(13)23)18-8-9-19(27-18)21-20(17-5-3-4-10-24-17)25-22-26(21)12-14(2)28-22/h3-11,14,20-21H,12H2,1-2H3. The summed E-state index contributed by atoms with van der Waals surface area (Å²) in [6, 6.07) is 16.1. The molecule has 6 heteroatoms. The van der Waals surface area contributed by atoms with Crippen molar-refractivity contribution < 1.29 is 4.42 Å². The van der Waals surface area contributed by atoms with E-state index in [1.54, 1.807) is 0 Å². The summed E-state index contributed by atoms with van der Waals surface area (Å²) in [6.45, 7) is 5.20. The lowest BCUT2D eigenvalue weighted by Gasteiger charge is -2.25. The number of nitrogens with zero attached hydrogens (tertiary/aromatic N) is 3. The minimum atomic E-state index is -0.0585. The van der Waals surface area contributed by atoms with E-state index >= 15 is 0 Å². The Morgan fingerprint density at radius 3 is 2.86 bits per heavy atom. The lowest BCUT2D eigenvalue weighted by molar-refractivity contribution is 0.277. The van der Waals surface area contributed by atoms with Gasteiger partial charge in [-0.05, 0) is 42.8 Å². The SMILES string of the molecule is Cc1ccc(-c2ccc(C3C(c4ccccn4)N=C4SC(C)CN43)o2)cc1Cl. The predicted molar refractivity (Wildman–Crippen MR) is 115 cm³/mol. The number of aryl methyl sites for hydroxylation is 1. The van der Waals surface area contributed by atoms with Gasteiger partial charge in [0.1, 0.15) is 23.6 Å². The first kappa shape index (κ1) is 17.8. The van der Waals surface area contributed by atoms with E-state index in [4.69, 9.17) is 21.0 Å². The molecule has 2 aromatic heterocycles. The number of halogens is 1. The van der Waals surface area contributed by atoms with E-state index in [0.29, 0.717) is 5.25 Å². The highest BCUT2D eigenvalue weighted by Gasteiger charge is 2.45. The lowest BCUT2D eigenvalue weighted by atomic mass is 10.0. The highest BCUT2D eigenvalue weighted by atomic mass is 35.5. The molecule has 0 spiro atoms. The van der Waals surface area contributed by atoms with E-state index in [0.717, 1.165) is 45.1 Å². The Bertz CT molecular complexity index is 1050. The zero-order valence-electron chi connectivity index (χ0n) is 15.7. The van der Waals surface area contributed by atoms with Gasteiger partial charge in [-0.1, -0.05) is 48.5 Å². The molecule has 2 aliphatic heterocycles. The fourth-order valence-corrected chi connectivity index (χ4v) is 5.11. The van der Waals surface area contributed by atoms with Crippen LogP contribution in [0.2, 0.25) is 5.02 Å². The van der Waals surface area contributed by atoms with Gasteiger partial charge in [-0.25, -0.2) is 4.99 Å². The second-order valence-electron chi connectivity index (χ2n) is 7.30. The lowest BCUT2D eigenvalue weighted by Crippen LogP contribution is -2.28. The number of furan rings is 1. The second-order valence-corrected chi connectivity index (χ2v) is 9.12. The van der Waals surface area contributed by atoms with E-state index in [1.165, 1.54) is 0 Å². The van der Waals surface area contributed by atoms with Crippen LogP contribution in [0.5, 0.6) is 0 Å². The Hall–Kier alpha value is -2.24. The Morgan fingerprint density at radius 1 is 1.18 bits per heavy atom. The van der Waals surface area contributed by atoms with Crippen LogP contribution in [0, 0.1) is 6.92 Å². The smallest absolute Gasteiger partial charge is 0.161 e. The van der Waals surface area contributed by atoms with Crippen LogP contribution in [0.4, 0.5) is 0 Å². The third kappa shape index (κ3) is 3.03. The van der Waals surface area contributed by atoms with Crippen LogP contribution in [0.1, 0.15) is 36.0 Å². The summed E-state index contributed by atoms with van der Waals surface area (Å²) in [6.07, 6.45) is 1.83. The molecule has 4 nitrogen and oxygen atoms in total. The highest BCUT2D eigenvalue weighted by molar-refractivity contribution is 8.14. The van der Waals surface area contributed by atoms with Crippen LogP contribution in [-0.4, -0.2) is 26.8 Å². The van der Waals surface area contributed by atoms with E-state index in [1.807, 2.05) is 67.3 Å². The predicted octanol–water partition coefficient (Wildman–Crippen LogP) is 5.89. The van der Waals surface area contributed by atoms with Crippen molar-refractivity contribution >= 4 is 28.5 Å². The summed E-state index contributed by atoms with van der Waals surface area (Å²) in [5, 5.41) is 2.36. The maximum Gasteiger partial charge on any atom is 0.161 e. The van der Waals surface area contributed by atoms with Crippen molar-refractivity contribution in [3.8, 4) is 11.3 Å². The van der Waals surface area contributed by atoms with Gasteiger partial charge in [0.05, 0.1) is 5.69 Å². The van der Waals surface area contributed by atoms with Gasteiger partial charge < -0.3 is 9.32 Å². The number of benzene rings is 1.